The van der Waals surface area contributed by atoms with Crippen molar-refractivity contribution in [1.29, 1.82) is 0 Å². The van der Waals surface area contributed by atoms with Crippen LogP contribution in [0.15, 0.2) is 29.8 Å². The molecule has 32 heavy (non-hydrogen) atoms. The van der Waals surface area contributed by atoms with Gasteiger partial charge in [-0.2, -0.15) is 0 Å². The normalized spacial score (nSPS) is 16.5. The summed E-state index contributed by atoms with van der Waals surface area (Å²) >= 11 is 0. The molecule has 0 aromatic heterocycles. The van der Waals surface area contributed by atoms with Crippen LogP contribution in [-0.2, 0) is 16.0 Å². The van der Waals surface area contributed by atoms with Crippen molar-refractivity contribution in [3.8, 4) is 34.5 Å². The lowest BCUT2D eigenvalue weighted by Crippen LogP contribution is -2.08. The van der Waals surface area contributed by atoms with E-state index in [0.717, 1.165) is 11.1 Å². The average Bonchev–Trinajstić information content (AvgIpc) is 3.16. The molecule has 1 heterocycles. The molecule has 0 bridgehead atoms. The largest absolute Gasteiger partial charge is 0.493 e. The molecule has 1 aliphatic rings. The van der Waals surface area contributed by atoms with Gasteiger partial charge in [0.15, 0.2) is 23.0 Å². The Labute approximate surface area is 187 Å². The first-order valence-electron chi connectivity index (χ1n) is 9.97. The number of carbonyl (C=O) groups excluding carboxylic acids is 1. The number of rotatable bonds is 9. The highest BCUT2D eigenvalue weighted by Gasteiger charge is 2.31. The molecule has 2 aromatic carbocycles. The Morgan fingerprint density at radius 1 is 0.781 bits per heavy atom. The number of carbonyl (C=O) groups is 1. The van der Waals surface area contributed by atoms with E-state index in [-0.39, 0.29) is 18.5 Å². The van der Waals surface area contributed by atoms with Crippen LogP contribution < -0.4 is 28.4 Å². The maximum absolute atomic E-state index is 12.5. The van der Waals surface area contributed by atoms with Gasteiger partial charge in [-0.25, -0.2) is 4.79 Å². The SMILES string of the molecule is COc1cc(C=C2C(=O)OC[C@H]2Cc2cc(OC)c(OC)c(OC)c2)cc(OC)c1OC. The molecule has 0 aliphatic carbocycles. The van der Waals surface area contributed by atoms with E-state index >= 15 is 0 Å². The topological polar surface area (TPSA) is 81.7 Å². The molecule has 1 atom stereocenters. The molecule has 1 fully saturated rings. The van der Waals surface area contributed by atoms with Gasteiger partial charge in [0.25, 0.3) is 0 Å². The van der Waals surface area contributed by atoms with E-state index in [9.17, 15) is 4.79 Å². The van der Waals surface area contributed by atoms with Crippen LogP contribution in [-0.4, -0.2) is 55.2 Å². The molecular weight excluding hydrogens is 416 g/mol. The number of cyclic esters (lactones) is 1. The Morgan fingerprint density at radius 2 is 1.25 bits per heavy atom. The van der Waals surface area contributed by atoms with E-state index < -0.39 is 0 Å². The first-order chi connectivity index (χ1) is 15.5. The van der Waals surface area contributed by atoms with Crippen molar-refractivity contribution in [3.63, 3.8) is 0 Å². The fourth-order valence-electron chi connectivity index (χ4n) is 3.76. The number of hydrogen-bond donors (Lipinski definition) is 0. The lowest BCUT2D eigenvalue weighted by Gasteiger charge is -2.16. The molecule has 0 N–H and O–H groups in total. The summed E-state index contributed by atoms with van der Waals surface area (Å²) in [6.45, 7) is 0.283. The Balaban J connectivity index is 1.97. The molecule has 8 heteroatoms. The summed E-state index contributed by atoms with van der Waals surface area (Å²) in [5.41, 5.74) is 2.23. The lowest BCUT2D eigenvalue weighted by molar-refractivity contribution is -0.135. The monoisotopic (exact) mass is 444 g/mol. The predicted octanol–water partition coefficient (Wildman–Crippen LogP) is 3.54. The van der Waals surface area contributed by atoms with E-state index in [1.807, 2.05) is 12.1 Å². The van der Waals surface area contributed by atoms with E-state index in [4.69, 9.17) is 33.2 Å². The maximum Gasteiger partial charge on any atom is 0.334 e. The Bertz CT molecular complexity index is 961. The molecule has 172 valence electrons. The second-order valence-electron chi connectivity index (χ2n) is 7.09. The molecule has 8 nitrogen and oxygen atoms in total. The highest BCUT2D eigenvalue weighted by molar-refractivity contribution is 5.96. The van der Waals surface area contributed by atoms with Crippen molar-refractivity contribution >= 4 is 12.0 Å². The Morgan fingerprint density at radius 3 is 1.69 bits per heavy atom. The molecule has 1 aliphatic heterocycles. The van der Waals surface area contributed by atoms with Crippen LogP contribution in [0, 0.1) is 5.92 Å². The summed E-state index contributed by atoms with van der Waals surface area (Å²) in [4.78, 5) is 12.5. The van der Waals surface area contributed by atoms with Crippen molar-refractivity contribution in [2.75, 3.05) is 49.3 Å². The molecule has 2 aromatic rings. The zero-order chi connectivity index (χ0) is 23.3. The third-order valence-corrected chi connectivity index (χ3v) is 5.31. The summed E-state index contributed by atoms with van der Waals surface area (Å²) in [5, 5.41) is 0. The predicted molar refractivity (Wildman–Crippen MR) is 118 cm³/mol. The number of hydrogen-bond acceptors (Lipinski definition) is 8. The molecule has 1 saturated heterocycles. The van der Waals surface area contributed by atoms with Crippen LogP contribution >= 0.6 is 0 Å². The summed E-state index contributed by atoms with van der Waals surface area (Å²) in [5.74, 6) is 2.63. The van der Waals surface area contributed by atoms with Gasteiger partial charge in [0.2, 0.25) is 11.5 Å². The molecule has 0 unspecified atom stereocenters. The number of ether oxygens (including phenoxy) is 7. The smallest absolute Gasteiger partial charge is 0.334 e. The summed E-state index contributed by atoms with van der Waals surface area (Å²) < 4.78 is 37.8. The second-order valence-corrected chi connectivity index (χ2v) is 7.09. The van der Waals surface area contributed by atoms with E-state index in [2.05, 4.69) is 0 Å². The van der Waals surface area contributed by atoms with Crippen LogP contribution in [0.3, 0.4) is 0 Å². The molecule has 0 radical (unpaired) electrons. The summed E-state index contributed by atoms with van der Waals surface area (Å²) in [6.07, 6.45) is 2.35. The van der Waals surface area contributed by atoms with Crippen LogP contribution in [0.1, 0.15) is 11.1 Å². The number of esters is 1. The zero-order valence-corrected chi connectivity index (χ0v) is 19.1. The fourth-order valence-corrected chi connectivity index (χ4v) is 3.76. The van der Waals surface area contributed by atoms with Crippen molar-refractivity contribution in [1.82, 2.24) is 0 Å². The third kappa shape index (κ3) is 4.54. The minimum Gasteiger partial charge on any atom is -0.493 e. The first-order valence-corrected chi connectivity index (χ1v) is 9.97. The van der Waals surface area contributed by atoms with Gasteiger partial charge in [0.05, 0.1) is 49.3 Å². The molecule has 3 rings (SSSR count). The highest BCUT2D eigenvalue weighted by Crippen LogP contribution is 2.41. The van der Waals surface area contributed by atoms with Crippen LogP contribution in [0.2, 0.25) is 0 Å². The van der Waals surface area contributed by atoms with Gasteiger partial charge in [-0.1, -0.05) is 0 Å². The van der Waals surface area contributed by atoms with Crippen molar-refractivity contribution < 1.29 is 38.0 Å². The molecule has 0 spiro atoms. The quantitative estimate of drug-likeness (QED) is 0.429. The minimum atomic E-state index is -0.351. The lowest BCUT2D eigenvalue weighted by atomic mass is 9.92. The minimum absolute atomic E-state index is 0.149. The van der Waals surface area contributed by atoms with Gasteiger partial charge < -0.3 is 33.2 Å². The van der Waals surface area contributed by atoms with Crippen molar-refractivity contribution in [3.05, 3.63) is 41.0 Å². The molecule has 0 amide bonds. The van der Waals surface area contributed by atoms with Gasteiger partial charge in [0.1, 0.15) is 0 Å². The Kier molecular flexibility index (Phi) is 7.35. The van der Waals surface area contributed by atoms with Gasteiger partial charge in [-0.15, -0.1) is 0 Å². The summed E-state index contributed by atoms with van der Waals surface area (Å²) in [7, 11) is 9.33. The van der Waals surface area contributed by atoms with Crippen molar-refractivity contribution in [2.45, 2.75) is 6.42 Å². The average molecular weight is 444 g/mol. The van der Waals surface area contributed by atoms with E-state index in [1.165, 1.54) is 0 Å². The standard InChI is InChI=1S/C24H28O8/c1-26-18-9-14(10-19(27-2)22(18)30-5)7-16-13-32-24(25)17(16)8-15-11-20(28-3)23(31-6)21(12-15)29-4/h8-12,16H,7,13H2,1-6H3/t16-/m1/s1. The fraction of sp³-hybridized carbons (Fsp3) is 0.375. The van der Waals surface area contributed by atoms with Gasteiger partial charge in [-0.3, -0.25) is 0 Å². The number of methoxy groups -OCH3 is 6. The van der Waals surface area contributed by atoms with Crippen LogP contribution in [0.4, 0.5) is 0 Å². The van der Waals surface area contributed by atoms with Crippen molar-refractivity contribution in [2.24, 2.45) is 5.92 Å². The van der Waals surface area contributed by atoms with Gasteiger partial charge in [0, 0.05) is 11.5 Å². The first kappa shape index (κ1) is 23.1. The van der Waals surface area contributed by atoms with Crippen LogP contribution in [0.25, 0.3) is 6.08 Å². The number of benzene rings is 2. The Hall–Kier alpha value is -3.55. The van der Waals surface area contributed by atoms with Crippen LogP contribution in [0.5, 0.6) is 34.5 Å². The third-order valence-electron chi connectivity index (χ3n) is 5.31. The summed E-state index contributed by atoms with van der Waals surface area (Å²) in [6, 6.07) is 7.33. The van der Waals surface area contributed by atoms with E-state index in [1.54, 1.807) is 60.9 Å². The molecular formula is C24H28O8. The second kappa shape index (κ2) is 10.2. The van der Waals surface area contributed by atoms with Gasteiger partial charge in [-0.05, 0) is 47.9 Å². The molecule has 0 saturated carbocycles. The maximum atomic E-state index is 12.5. The van der Waals surface area contributed by atoms with E-state index in [0.29, 0.717) is 46.5 Å². The van der Waals surface area contributed by atoms with Gasteiger partial charge >= 0.3 is 5.97 Å². The highest BCUT2D eigenvalue weighted by atomic mass is 16.5. The zero-order valence-electron chi connectivity index (χ0n) is 19.1.